The Hall–Kier alpha value is -3.37. The molecule has 0 spiro atoms. The van der Waals surface area contributed by atoms with E-state index in [1.165, 1.54) is 37.7 Å². The minimum Gasteiger partial charge on any atom is -0.493 e. The lowest BCUT2D eigenvalue weighted by Gasteiger charge is -2.14. The summed E-state index contributed by atoms with van der Waals surface area (Å²) in [6.07, 6.45) is 1.69. The van der Waals surface area contributed by atoms with E-state index in [0.29, 0.717) is 39.1 Å². The summed E-state index contributed by atoms with van der Waals surface area (Å²) in [5.74, 6) is 1.13. The van der Waals surface area contributed by atoms with Gasteiger partial charge in [0, 0.05) is 16.5 Å². The Bertz CT molecular complexity index is 1050. The van der Waals surface area contributed by atoms with Gasteiger partial charge in [0.25, 0.3) is 0 Å². The van der Waals surface area contributed by atoms with Crippen LogP contribution in [0.5, 0.6) is 17.2 Å². The Morgan fingerprint density at radius 3 is 2.36 bits per heavy atom. The molecule has 7 heteroatoms. The lowest BCUT2D eigenvalue weighted by molar-refractivity contribution is 0.324. The van der Waals surface area contributed by atoms with Gasteiger partial charge in [0.05, 0.1) is 32.6 Å². The van der Waals surface area contributed by atoms with Crippen LogP contribution >= 0.6 is 11.3 Å². The minimum atomic E-state index is -0.308. The van der Waals surface area contributed by atoms with Crippen molar-refractivity contribution in [3.05, 3.63) is 58.2 Å². The average molecular weight is 396 g/mol. The molecule has 0 aliphatic heterocycles. The van der Waals surface area contributed by atoms with E-state index in [2.05, 4.69) is 11.1 Å². The highest BCUT2D eigenvalue weighted by molar-refractivity contribution is 7.11. The Kier molecular flexibility index (Phi) is 5.92. The van der Waals surface area contributed by atoms with Crippen LogP contribution in [0.15, 0.2) is 41.8 Å². The Balaban J connectivity index is 2.02. The molecular weight excluding hydrogens is 379 g/mol. The van der Waals surface area contributed by atoms with Crippen molar-refractivity contribution >= 4 is 23.0 Å². The number of aromatic nitrogens is 1. The maximum Gasteiger partial charge on any atom is 0.203 e. The van der Waals surface area contributed by atoms with Crippen molar-refractivity contribution in [2.45, 2.75) is 0 Å². The Morgan fingerprint density at radius 1 is 1.04 bits per heavy atom. The van der Waals surface area contributed by atoms with E-state index in [1.54, 1.807) is 37.5 Å². The molecule has 0 N–H and O–H groups in total. The largest absolute Gasteiger partial charge is 0.493 e. The van der Waals surface area contributed by atoms with Gasteiger partial charge >= 0.3 is 0 Å². The fraction of sp³-hybridized carbons (Fsp3) is 0.143. The molecule has 0 aliphatic carbocycles. The Morgan fingerprint density at radius 2 is 1.75 bits per heavy atom. The third-order valence-electron chi connectivity index (χ3n) is 4.03. The summed E-state index contributed by atoms with van der Waals surface area (Å²) < 4.78 is 29.3. The molecule has 1 aromatic heterocycles. The first-order chi connectivity index (χ1) is 13.6. The van der Waals surface area contributed by atoms with Crippen LogP contribution in [0, 0.1) is 17.1 Å². The first kappa shape index (κ1) is 19.4. The lowest BCUT2D eigenvalue weighted by Crippen LogP contribution is -1.97. The molecule has 0 saturated heterocycles. The van der Waals surface area contributed by atoms with E-state index in [4.69, 9.17) is 14.2 Å². The zero-order chi connectivity index (χ0) is 20.1. The van der Waals surface area contributed by atoms with E-state index >= 15 is 0 Å². The van der Waals surface area contributed by atoms with Crippen LogP contribution in [0.2, 0.25) is 0 Å². The fourth-order valence-electron chi connectivity index (χ4n) is 2.69. The number of hydrogen-bond acceptors (Lipinski definition) is 6. The summed E-state index contributed by atoms with van der Waals surface area (Å²) in [5.41, 5.74) is 2.50. The van der Waals surface area contributed by atoms with Gasteiger partial charge in [-0.1, -0.05) is 0 Å². The number of thiazole rings is 1. The fourth-order valence-corrected chi connectivity index (χ4v) is 3.48. The second kappa shape index (κ2) is 8.55. The molecule has 0 saturated carbocycles. The third-order valence-corrected chi connectivity index (χ3v) is 4.91. The van der Waals surface area contributed by atoms with E-state index in [9.17, 15) is 9.65 Å². The standard InChI is InChI=1S/C21H17FN2O3S/c1-25-18-9-6-14(19(26-2)20(18)27-3)10-15(11-23)21-24-17(12-28-21)13-4-7-16(22)8-5-13/h4-10,12H,1-3H3/b15-10-. The highest BCUT2D eigenvalue weighted by Crippen LogP contribution is 2.41. The van der Waals surface area contributed by atoms with Crippen LogP contribution in [-0.4, -0.2) is 26.3 Å². The van der Waals surface area contributed by atoms with E-state index in [-0.39, 0.29) is 5.82 Å². The number of ether oxygens (including phenoxy) is 3. The molecule has 1 heterocycles. The highest BCUT2D eigenvalue weighted by atomic mass is 32.1. The normalized spacial score (nSPS) is 11.0. The molecule has 0 bridgehead atoms. The van der Waals surface area contributed by atoms with E-state index in [1.807, 2.05) is 5.38 Å². The van der Waals surface area contributed by atoms with Gasteiger partial charge in [-0.2, -0.15) is 5.26 Å². The Labute approximate surface area is 166 Å². The van der Waals surface area contributed by atoms with Crippen molar-refractivity contribution in [2.75, 3.05) is 21.3 Å². The molecule has 0 aliphatic rings. The maximum absolute atomic E-state index is 13.1. The molecule has 0 atom stereocenters. The van der Waals surface area contributed by atoms with Crippen LogP contribution in [-0.2, 0) is 0 Å². The average Bonchev–Trinajstić information content (AvgIpc) is 3.21. The molecular formula is C21H17FN2O3S. The van der Waals surface area contributed by atoms with Crippen molar-refractivity contribution in [2.24, 2.45) is 0 Å². The van der Waals surface area contributed by atoms with Crippen LogP contribution in [0.4, 0.5) is 4.39 Å². The monoisotopic (exact) mass is 396 g/mol. The molecule has 0 fully saturated rings. The molecule has 3 aromatic rings. The maximum atomic E-state index is 13.1. The third kappa shape index (κ3) is 3.82. The predicted molar refractivity (Wildman–Crippen MR) is 107 cm³/mol. The van der Waals surface area contributed by atoms with Crippen molar-refractivity contribution in [3.8, 4) is 34.6 Å². The number of nitrogens with zero attached hydrogens (tertiary/aromatic N) is 2. The summed E-state index contributed by atoms with van der Waals surface area (Å²) in [6.45, 7) is 0. The summed E-state index contributed by atoms with van der Waals surface area (Å²) in [6, 6.07) is 11.8. The van der Waals surface area contributed by atoms with Crippen molar-refractivity contribution < 1.29 is 18.6 Å². The molecule has 5 nitrogen and oxygen atoms in total. The topological polar surface area (TPSA) is 64.4 Å². The number of benzene rings is 2. The molecule has 0 unspecified atom stereocenters. The molecule has 3 rings (SSSR count). The van der Waals surface area contributed by atoms with Gasteiger partial charge in [0.1, 0.15) is 16.9 Å². The van der Waals surface area contributed by atoms with E-state index < -0.39 is 0 Å². The molecule has 142 valence electrons. The number of methoxy groups -OCH3 is 3. The van der Waals surface area contributed by atoms with Crippen molar-refractivity contribution in [1.29, 1.82) is 5.26 Å². The summed E-state index contributed by atoms with van der Waals surface area (Å²) in [4.78, 5) is 4.52. The van der Waals surface area contributed by atoms with Crippen molar-refractivity contribution in [3.63, 3.8) is 0 Å². The van der Waals surface area contributed by atoms with Gasteiger partial charge in [0.2, 0.25) is 5.75 Å². The highest BCUT2D eigenvalue weighted by Gasteiger charge is 2.16. The molecule has 2 aromatic carbocycles. The number of allylic oxidation sites excluding steroid dienone is 1. The second-order valence-electron chi connectivity index (χ2n) is 5.64. The number of nitriles is 1. The number of rotatable bonds is 6. The number of halogens is 1. The molecule has 28 heavy (non-hydrogen) atoms. The van der Waals surface area contributed by atoms with Gasteiger partial charge in [0.15, 0.2) is 11.5 Å². The zero-order valence-electron chi connectivity index (χ0n) is 15.5. The van der Waals surface area contributed by atoms with Gasteiger partial charge in [-0.05, 0) is 42.5 Å². The summed E-state index contributed by atoms with van der Waals surface area (Å²) >= 11 is 1.34. The van der Waals surface area contributed by atoms with Crippen LogP contribution < -0.4 is 14.2 Å². The van der Waals surface area contributed by atoms with Gasteiger partial charge in [-0.25, -0.2) is 9.37 Å². The van der Waals surface area contributed by atoms with Crippen LogP contribution in [0.3, 0.4) is 0 Å². The predicted octanol–water partition coefficient (Wildman–Crippen LogP) is 5.04. The lowest BCUT2D eigenvalue weighted by atomic mass is 10.1. The molecule has 0 radical (unpaired) electrons. The first-order valence-electron chi connectivity index (χ1n) is 8.23. The van der Waals surface area contributed by atoms with Gasteiger partial charge in [-0.15, -0.1) is 11.3 Å². The van der Waals surface area contributed by atoms with Gasteiger partial charge in [-0.3, -0.25) is 0 Å². The first-order valence-corrected chi connectivity index (χ1v) is 9.11. The second-order valence-corrected chi connectivity index (χ2v) is 6.50. The van der Waals surface area contributed by atoms with Gasteiger partial charge < -0.3 is 14.2 Å². The minimum absolute atomic E-state index is 0.308. The quantitative estimate of drug-likeness (QED) is 0.546. The summed E-state index contributed by atoms with van der Waals surface area (Å²) in [5, 5.41) is 12.0. The SMILES string of the molecule is COc1ccc(/C=C(/C#N)c2nc(-c3ccc(F)cc3)cs2)c(OC)c1OC. The number of hydrogen-bond donors (Lipinski definition) is 0. The zero-order valence-corrected chi connectivity index (χ0v) is 16.3. The molecule has 0 amide bonds. The van der Waals surface area contributed by atoms with Crippen molar-refractivity contribution in [1.82, 2.24) is 4.98 Å². The smallest absolute Gasteiger partial charge is 0.203 e. The summed E-state index contributed by atoms with van der Waals surface area (Å²) in [7, 11) is 4.59. The van der Waals surface area contributed by atoms with E-state index in [0.717, 1.165) is 5.56 Å². The van der Waals surface area contributed by atoms with Crippen LogP contribution in [0.25, 0.3) is 22.9 Å². The van der Waals surface area contributed by atoms with Crippen LogP contribution in [0.1, 0.15) is 10.6 Å².